The zero-order valence-electron chi connectivity index (χ0n) is 16.6. The van der Waals surface area contributed by atoms with Gasteiger partial charge in [-0.1, -0.05) is 31.7 Å². The second-order valence-electron chi connectivity index (χ2n) is 6.97. The summed E-state index contributed by atoms with van der Waals surface area (Å²) in [5.41, 5.74) is -0.805. The van der Waals surface area contributed by atoms with E-state index in [4.69, 9.17) is 9.05 Å². The molecule has 0 aromatic rings. The van der Waals surface area contributed by atoms with Gasteiger partial charge < -0.3 is 15.5 Å². The summed E-state index contributed by atoms with van der Waals surface area (Å²) in [6, 6.07) is 0. The molecule has 1 aliphatic rings. The molecular weight excluding hydrogens is 423 g/mol. The molecule has 0 aromatic carbocycles. The Morgan fingerprint density at radius 2 is 1.93 bits per heavy atom. The number of nitrogens with one attached hydrogen (secondary N) is 2. The Bertz CT molecular complexity index is 710. The second kappa shape index (κ2) is 11.6. The molecular formula is C17H27N2O8PS. The summed E-state index contributed by atoms with van der Waals surface area (Å²) in [7, 11) is -4.26. The molecule has 3 N–H and O–H groups in total. The van der Waals surface area contributed by atoms with E-state index >= 15 is 0 Å². The second-order valence-corrected chi connectivity index (χ2v) is 9.53. The predicted molar refractivity (Wildman–Crippen MR) is 107 cm³/mol. The number of phosphoric acid groups is 1. The normalized spacial score (nSPS) is 23.5. The van der Waals surface area contributed by atoms with Crippen LogP contribution in [-0.4, -0.2) is 59.2 Å². The van der Waals surface area contributed by atoms with Crippen LogP contribution in [0.3, 0.4) is 0 Å². The van der Waals surface area contributed by atoms with Crippen LogP contribution in [-0.2, 0) is 32.8 Å². The van der Waals surface area contributed by atoms with Crippen molar-refractivity contribution in [3.63, 3.8) is 0 Å². The molecule has 0 aliphatic carbocycles. The Morgan fingerprint density at radius 1 is 1.24 bits per heavy atom. The number of allylic oxidation sites excluding steroid dienone is 2. The third-order valence-electron chi connectivity index (χ3n) is 3.80. The first kappa shape index (κ1) is 25.5. The Hall–Kier alpha value is -1.52. The quantitative estimate of drug-likeness (QED) is 0.191. The summed E-state index contributed by atoms with van der Waals surface area (Å²) in [6.07, 6.45) is 1.53. The van der Waals surface area contributed by atoms with Crippen LogP contribution in [0.1, 0.15) is 33.6 Å². The molecule has 1 saturated heterocycles. The molecule has 2 amide bonds. The van der Waals surface area contributed by atoms with Gasteiger partial charge in [-0.05, 0) is 13.0 Å². The van der Waals surface area contributed by atoms with Crippen LogP contribution in [0.25, 0.3) is 0 Å². The first-order valence-electron chi connectivity index (χ1n) is 8.98. The topological polar surface area (TPSA) is 148 Å². The van der Waals surface area contributed by atoms with E-state index in [-0.39, 0.29) is 49.3 Å². The fraction of sp³-hybridized carbons (Fsp3) is 0.647. The van der Waals surface area contributed by atoms with Crippen LogP contribution in [0.2, 0.25) is 0 Å². The molecule has 1 heterocycles. The Labute approximate surface area is 173 Å². The lowest BCUT2D eigenvalue weighted by Crippen LogP contribution is -2.49. The number of amides is 2. The highest BCUT2D eigenvalue weighted by Gasteiger charge is 2.47. The van der Waals surface area contributed by atoms with Gasteiger partial charge in [0.2, 0.25) is 11.8 Å². The molecule has 0 saturated carbocycles. The molecule has 164 valence electrons. The molecule has 1 fully saturated rings. The standard InChI is InChI=1S/C17H27N2O8PS/c1-4-5-12(20)10-14(22)29-9-8-18-13(21)6-7-19-16(23)15-17(2,3)11-26-28(24,25)27-15/h4-5,15H,6-11H2,1-3H3,(H,18,21)(H,19,23)(H,24,25)/b5-4+/t15-/m0/s1. The molecule has 1 unspecified atom stereocenters. The number of hydrogen-bond acceptors (Lipinski definition) is 8. The van der Waals surface area contributed by atoms with E-state index in [1.165, 1.54) is 6.08 Å². The molecule has 12 heteroatoms. The lowest BCUT2D eigenvalue weighted by atomic mass is 9.87. The number of carbonyl (C=O) groups is 4. The minimum Gasteiger partial charge on any atom is -0.355 e. The average Bonchev–Trinajstić information content (AvgIpc) is 2.61. The Balaban J connectivity index is 2.25. The average molecular weight is 450 g/mol. The Morgan fingerprint density at radius 3 is 2.59 bits per heavy atom. The van der Waals surface area contributed by atoms with E-state index in [9.17, 15) is 28.6 Å². The van der Waals surface area contributed by atoms with E-state index in [0.717, 1.165) is 11.8 Å². The minimum atomic E-state index is -4.26. The fourth-order valence-corrected chi connectivity index (χ4v) is 4.19. The van der Waals surface area contributed by atoms with Crippen molar-refractivity contribution >= 4 is 42.3 Å². The van der Waals surface area contributed by atoms with Crippen LogP contribution >= 0.6 is 19.6 Å². The lowest BCUT2D eigenvalue weighted by Gasteiger charge is -2.38. The molecule has 1 rings (SSSR count). The number of ketones is 1. The van der Waals surface area contributed by atoms with Crippen molar-refractivity contribution in [3.05, 3.63) is 12.2 Å². The zero-order valence-corrected chi connectivity index (χ0v) is 18.3. The number of phosphoric ester groups is 1. The molecule has 0 bridgehead atoms. The summed E-state index contributed by atoms with van der Waals surface area (Å²) < 4.78 is 21.1. The van der Waals surface area contributed by atoms with Gasteiger partial charge in [-0.15, -0.1) is 0 Å². The van der Waals surface area contributed by atoms with Gasteiger partial charge in [0.15, 0.2) is 17.0 Å². The predicted octanol–water partition coefficient (Wildman–Crippen LogP) is 0.946. The van der Waals surface area contributed by atoms with E-state index in [0.29, 0.717) is 5.75 Å². The largest absolute Gasteiger partial charge is 0.472 e. The van der Waals surface area contributed by atoms with Crippen molar-refractivity contribution in [1.29, 1.82) is 0 Å². The van der Waals surface area contributed by atoms with Gasteiger partial charge in [0.25, 0.3) is 0 Å². The van der Waals surface area contributed by atoms with Crippen LogP contribution in [0, 0.1) is 5.41 Å². The highest BCUT2D eigenvalue weighted by molar-refractivity contribution is 8.13. The van der Waals surface area contributed by atoms with Gasteiger partial charge >= 0.3 is 7.82 Å². The summed E-state index contributed by atoms with van der Waals surface area (Å²) in [4.78, 5) is 56.2. The first-order chi connectivity index (χ1) is 13.5. The monoisotopic (exact) mass is 450 g/mol. The maximum Gasteiger partial charge on any atom is 0.472 e. The van der Waals surface area contributed by atoms with Crippen molar-refractivity contribution in [1.82, 2.24) is 10.6 Å². The van der Waals surface area contributed by atoms with E-state index in [1.807, 2.05) is 0 Å². The van der Waals surface area contributed by atoms with Crippen molar-refractivity contribution in [2.75, 3.05) is 25.4 Å². The molecule has 0 spiro atoms. The molecule has 2 atom stereocenters. The summed E-state index contributed by atoms with van der Waals surface area (Å²) in [5.74, 6) is -0.870. The molecule has 0 aromatic heterocycles. The van der Waals surface area contributed by atoms with Crippen molar-refractivity contribution < 1.29 is 37.7 Å². The van der Waals surface area contributed by atoms with E-state index in [2.05, 4.69) is 10.6 Å². The SMILES string of the molecule is C/C=C/C(=O)CC(=O)SCCNC(=O)CCNC(=O)[C@@H]1OP(=O)(O)OCC1(C)C. The maximum absolute atomic E-state index is 12.2. The third-order valence-corrected chi connectivity index (χ3v) is 5.60. The van der Waals surface area contributed by atoms with Crippen LogP contribution in [0.4, 0.5) is 0 Å². The number of rotatable bonds is 10. The van der Waals surface area contributed by atoms with Crippen molar-refractivity contribution in [2.45, 2.75) is 39.7 Å². The van der Waals surface area contributed by atoms with Gasteiger partial charge in [-0.3, -0.25) is 28.2 Å². The minimum absolute atomic E-state index is 0.00936. The van der Waals surface area contributed by atoms with Gasteiger partial charge in [0.05, 0.1) is 13.0 Å². The molecule has 1 aliphatic heterocycles. The van der Waals surface area contributed by atoms with Crippen LogP contribution < -0.4 is 10.6 Å². The number of carbonyl (C=O) groups excluding carboxylic acids is 4. The van der Waals surface area contributed by atoms with Crippen LogP contribution in [0.5, 0.6) is 0 Å². The van der Waals surface area contributed by atoms with Crippen molar-refractivity contribution in [3.8, 4) is 0 Å². The summed E-state index contributed by atoms with van der Waals surface area (Å²) in [6.45, 7) is 5.15. The van der Waals surface area contributed by atoms with Gasteiger partial charge in [0, 0.05) is 30.7 Å². The van der Waals surface area contributed by atoms with Gasteiger partial charge in [-0.25, -0.2) is 4.57 Å². The van der Waals surface area contributed by atoms with Gasteiger partial charge in [-0.2, -0.15) is 0 Å². The van der Waals surface area contributed by atoms with E-state index < -0.39 is 25.2 Å². The number of thioether (sulfide) groups is 1. The highest BCUT2D eigenvalue weighted by Crippen LogP contribution is 2.52. The molecule has 29 heavy (non-hydrogen) atoms. The smallest absolute Gasteiger partial charge is 0.355 e. The van der Waals surface area contributed by atoms with Crippen molar-refractivity contribution in [2.24, 2.45) is 5.41 Å². The maximum atomic E-state index is 12.2. The lowest BCUT2D eigenvalue weighted by molar-refractivity contribution is -0.141. The van der Waals surface area contributed by atoms with Gasteiger partial charge in [0.1, 0.15) is 0 Å². The molecule has 0 radical (unpaired) electrons. The highest BCUT2D eigenvalue weighted by atomic mass is 32.2. The van der Waals surface area contributed by atoms with Crippen LogP contribution in [0.15, 0.2) is 12.2 Å². The summed E-state index contributed by atoms with van der Waals surface area (Å²) in [5, 5.41) is 4.84. The Kier molecular flexibility index (Phi) is 10.2. The number of hydrogen-bond donors (Lipinski definition) is 3. The first-order valence-corrected chi connectivity index (χ1v) is 11.5. The summed E-state index contributed by atoms with van der Waals surface area (Å²) >= 11 is 0.963. The zero-order chi connectivity index (χ0) is 22.1. The molecule has 10 nitrogen and oxygen atoms in total. The van der Waals surface area contributed by atoms with E-state index in [1.54, 1.807) is 26.8 Å². The fourth-order valence-electron chi connectivity index (χ4n) is 2.31. The third kappa shape index (κ3) is 9.68.